The minimum Gasteiger partial charge on any atom is -0.550 e. The van der Waals surface area contributed by atoms with E-state index >= 15 is 0 Å². The van der Waals surface area contributed by atoms with Crippen LogP contribution in [0.1, 0.15) is 279 Å². The van der Waals surface area contributed by atoms with E-state index in [0.717, 1.165) is 19.3 Å². The van der Waals surface area contributed by atoms with E-state index in [0.29, 0.717) is 0 Å². The van der Waals surface area contributed by atoms with Crippen LogP contribution < -0.4 is 5.11 Å². The Hall–Kier alpha value is -0.360. The summed E-state index contributed by atoms with van der Waals surface area (Å²) < 4.78 is 0. The van der Waals surface area contributed by atoms with Crippen molar-refractivity contribution in [2.75, 3.05) is 24.6 Å². The van der Waals surface area contributed by atoms with Crippen LogP contribution in [0.4, 0.5) is 0 Å². The van der Waals surface area contributed by atoms with Gasteiger partial charge in [-0.25, -0.2) is 0 Å². The molecule has 0 unspecified atom stereocenters. The van der Waals surface area contributed by atoms with E-state index in [1.165, 1.54) is 193 Å². The topological polar surface area (TPSA) is 40.1 Å². The van der Waals surface area contributed by atoms with Crippen molar-refractivity contribution < 1.29 is 9.90 Å². The average Bonchev–Trinajstić information content (AvgIpc) is 3.16. The van der Waals surface area contributed by atoms with Crippen LogP contribution in [0.25, 0.3) is 0 Å². The molecule has 0 rings (SSSR count). The zero-order valence-electron chi connectivity index (χ0n) is 37.6. The Morgan fingerprint density at radius 2 is 0.566 bits per heavy atom. The summed E-state index contributed by atoms with van der Waals surface area (Å²) >= 11 is 0. The van der Waals surface area contributed by atoms with E-state index in [1.807, 2.05) is 0 Å². The smallest absolute Gasteiger partial charge is 0.0594 e. The molecule has 53 heavy (non-hydrogen) atoms. The number of carboxylic acids is 1. The SMILES string of the molecule is CCCCCCCCC=CCCCCCCCC(=O)[O-].CCCCCCCCCCCCCC[P+](CCCCCC)(CCCCCC)CCCCCC. The molecule has 2 nitrogen and oxygen atoms in total. The summed E-state index contributed by atoms with van der Waals surface area (Å²) in [5.41, 5.74) is 0. The first-order chi connectivity index (χ1) is 26.0. The van der Waals surface area contributed by atoms with Crippen LogP contribution in [-0.4, -0.2) is 30.6 Å². The Bertz CT molecular complexity index is 672. The molecule has 0 aromatic carbocycles. The Labute approximate surface area is 337 Å². The molecule has 318 valence electrons. The standard InChI is InChI=1S/C32H68P.C18H34O2/c1-5-9-13-17-18-19-20-21-22-23-24-28-32-33(29-25-14-10-6-2,30-26-15-11-7-3)31-27-16-12-8-4;1-2-3-4-5-6-7-8-9-10-11-12-13-14-15-16-17-18(19)20/h5-32H2,1-4H3;9-10H,2-8,11-17H2,1H3,(H,19,20)/q+1;/p-1. The number of aliphatic carboxylic acids is 1. The van der Waals surface area contributed by atoms with Crippen LogP contribution in [0.3, 0.4) is 0 Å². The molecule has 0 N–H and O–H groups in total. The maximum atomic E-state index is 10.2. The van der Waals surface area contributed by atoms with Gasteiger partial charge in [-0.3, -0.25) is 0 Å². The van der Waals surface area contributed by atoms with Crippen molar-refractivity contribution in [1.82, 2.24) is 0 Å². The van der Waals surface area contributed by atoms with E-state index in [4.69, 9.17) is 0 Å². The van der Waals surface area contributed by atoms with Gasteiger partial charge in [-0.1, -0.05) is 201 Å². The first kappa shape index (κ1) is 54.7. The molecule has 0 aliphatic heterocycles. The predicted octanol–water partition coefficient (Wildman–Crippen LogP) is 17.2. The number of hydrogen-bond donors (Lipinski definition) is 0. The lowest BCUT2D eigenvalue weighted by atomic mass is 10.1. The van der Waals surface area contributed by atoms with Gasteiger partial charge in [-0.15, -0.1) is 0 Å². The molecular weight excluding hydrogens is 664 g/mol. The molecule has 0 saturated heterocycles. The minimum atomic E-state index is -0.914. The van der Waals surface area contributed by atoms with Crippen molar-refractivity contribution in [2.45, 2.75) is 279 Å². The Kier molecular flexibility index (Phi) is 49.4. The third-order valence-electron chi connectivity index (χ3n) is 11.6. The number of carbonyl (C=O) groups is 1. The molecule has 0 aromatic rings. The van der Waals surface area contributed by atoms with Crippen molar-refractivity contribution in [3.63, 3.8) is 0 Å². The summed E-state index contributed by atoms with van der Waals surface area (Å²) in [5.74, 6) is -0.914. The fourth-order valence-corrected chi connectivity index (χ4v) is 12.8. The summed E-state index contributed by atoms with van der Waals surface area (Å²) in [4.78, 5) is 10.2. The zero-order chi connectivity index (χ0) is 39.2. The van der Waals surface area contributed by atoms with Crippen molar-refractivity contribution >= 4 is 13.2 Å². The number of unbranched alkanes of at least 4 members (excludes halogenated alkanes) is 31. The van der Waals surface area contributed by atoms with E-state index < -0.39 is 13.2 Å². The maximum Gasteiger partial charge on any atom is 0.0594 e. The Morgan fingerprint density at radius 3 is 0.849 bits per heavy atom. The quantitative estimate of drug-likeness (QED) is 0.0352. The second-order valence-corrected chi connectivity index (χ2v) is 21.5. The normalized spacial score (nSPS) is 11.7. The summed E-state index contributed by atoms with van der Waals surface area (Å²) in [6, 6.07) is 0. The van der Waals surface area contributed by atoms with Gasteiger partial charge < -0.3 is 9.90 Å². The molecule has 0 atom stereocenters. The average molecular weight is 765 g/mol. The number of allylic oxidation sites excluding steroid dienone is 2. The first-order valence-corrected chi connectivity index (χ1v) is 27.2. The monoisotopic (exact) mass is 765 g/mol. The highest BCUT2D eigenvalue weighted by Crippen LogP contribution is 2.61. The molecule has 3 heteroatoms. The second kappa shape index (κ2) is 47.8. The Balaban J connectivity index is 0. The lowest BCUT2D eigenvalue weighted by molar-refractivity contribution is -0.305. The summed E-state index contributed by atoms with van der Waals surface area (Å²) in [7, 11) is -0.697. The van der Waals surface area contributed by atoms with Gasteiger partial charge in [0.25, 0.3) is 0 Å². The highest BCUT2D eigenvalue weighted by atomic mass is 31.2. The van der Waals surface area contributed by atoms with Crippen LogP contribution in [0, 0.1) is 0 Å². The van der Waals surface area contributed by atoms with Gasteiger partial charge in [0.15, 0.2) is 0 Å². The largest absolute Gasteiger partial charge is 0.550 e. The summed E-state index contributed by atoms with van der Waals surface area (Å²) in [6.45, 7) is 11.7. The first-order valence-electron chi connectivity index (χ1n) is 24.7. The number of hydrogen-bond acceptors (Lipinski definition) is 2. The zero-order valence-corrected chi connectivity index (χ0v) is 38.5. The van der Waals surface area contributed by atoms with Gasteiger partial charge in [0.2, 0.25) is 0 Å². The number of carbonyl (C=O) groups excluding carboxylic acids is 1. The third kappa shape index (κ3) is 45.9. The summed E-state index contributed by atoms with van der Waals surface area (Å²) in [6.07, 6.45) is 63.0. The van der Waals surface area contributed by atoms with E-state index in [9.17, 15) is 9.90 Å². The van der Waals surface area contributed by atoms with Crippen molar-refractivity contribution in [1.29, 1.82) is 0 Å². The van der Waals surface area contributed by atoms with E-state index in [2.05, 4.69) is 46.8 Å². The highest BCUT2D eigenvalue weighted by Gasteiger charge is 2.34. The maximum absolute atomic E-state index is 10.2. The fraction of sp³-hybridized carbons (Fsp3) is 0.940. The van der Waals surface area contributed by atoms with Crippen LogP contribution in [0.2, 0.25) is 0 Å². The summed E-state index contributed by atoms with van der Waals surface area (Å²) in [5, 5.41) is 10.2. The molecule has 0 saturated carbocycles. The van der Waals surface area contributed by atoms with E-state index in [-0.39, 0.29) is 6.42 Å². The molecular formula is C50H101O2P. The molecule has 0 aromatic heterocycles. The van der Waals surface area contributed by atoms with Crippen molar-refractivity contribution in [3.05, 3.63) is 12.2 Å². The van der Waals surface area contributed by atoms with Gasteiger partial charge in [-0.05, 0) is 89.9 Å². The molecule has 0 aliphatic carbocycles. The molecule has 0 spiro atoms. The lowest BCUT2D eigenvalue weighted by Crippen LogP contribution is -2.21. The van der Waals surface area contributed by atoms with Gasteiger partial charge in [0, 0.05) is 13.2 Å². The molecule has 0 heterocycles. The van der Waals surface area contributed by atoms with Gasteiger partial charge in [-0.2, -0.15) is 0 Å². The Morgan fingerprint density at radius 1 is 0.340 bits per heavy atom. The number of rotatable bonds is 43. The van der Waals surface area contributed by atoms with Crippen LogP contribution in [0.15, 0.2) is 12.2 Å². The molecule has 0 aliphatic rings. The molecule has 0 bridgehead atoms. The predicted molar refractivity (Wildman–Crippen MR) is 244 cm³/mol. The second-order valence-electron chi connectivity index (χ2n) is 17.0. The van der Waals surface area contributed by atoms with Crippen LogP contribution in [-0.2, 0) is 4.79 Å². The van der Waals surface area contributed by atoms with Crippen molar-refractivity contribution in [2.24, 2.45) is 0 Å². The lowest BCUT2D eigenvalue weighted by Gasteiger charge is -2.28. The molecule has 0 fully saturated rings. The van der Waals surface area contributed by atoms with E-state index in [1.54, 1.807) is 50.3 Å². The number of carboxylic acid groups (broad SMARTS) is 1. The minimum absolute atomic E-state index is 0.220. The van der Waals surface area contributed by atoms with Gasteiger partial charge >= 0.3 is 0 Å². The van der Waals surface area contributed by atoms with Gasteiger partial charge in [0.1, 0.15) is 0 Å². The molecule has 0 amide bonds. The van der Waals surface area contributed by atoms with Crippen LogP contribution >= 0.6 is 7.26 Å². The third-order valence-corrected chi connectivity index (χ3v) is 16.6. The fourth-order valence-electron chi connectivity index (χ4n) is 7.92. The van der Waals surface area contributed by atoms with Gasteiger partial charge in [0.05, 0.1) is 24.6 Å². The van der Waals surface area contributed by atoms with Crippen LogP contribution in [0.5, 0.6) is 0 Å². The highest BCUT2D eigenvalue weighted by molar-refractivity contribution is 7.75. The molecule has 0 radical (unpaired) electrons. The van der Waals surface area contributed by atoms with Crippen molar-refractivity contribution in [3.8, 4) is 0 Å².